The highest BCUT2D eigenvalue weighted by molar-refractivity contribution is 8.03. The van der Waals surface area contributed by atoms with Crippen molar-refractivity contribution < 1.29 is 0 Å². The van der Waals surface area contributed by atoms with E-state index in [1.54, 1.807) is 0 Å². The summed E-state index contributed by atoms with van der Waals surface area (Å²) in [6.07, 6.45) is 9.43. The maximum absolute atomic E-state index is 6.20. The van der Waals surface area contributed by atoms with Crippen molar-refractivity contribution in [3.63, 3.8) is 0 Å². The number of nitrogens with one attached hydrogen (secondary N) is 2. The fourth-order valence-corrected chi connectivity index (χ4v) is 7.64. The van der Waals surface area contributed by atoms with Gasteiger partial charge in [0, 0.05) is 32.9 Å². The quantitative estimate of drug-likeness (QED) is 0.150. The molecule has 0 spiro atoms. The molecule has 0 aromatic heterocycles. The average Bonchev–Trinajstić information content (AvgIpc) is 3.36. The normalized spacial score (nSPS) is 17.7. The molecule has 5 aromatic carbocycles. The van der Waals surface area contributed by atoms with Crippen LogP contribution in [0.3, 0.4) is 0 Å². The Labute approximate surface area is 258 Å². The van der Waals surface area contributed by atoms with E-state index in [1.807, 2.05) is 17.8 Å². The molecule has 0 saturated carbocycles. The molecule has 208 valence electrons. The third-order valence-electron chi connectivity index (χ3n) is 8.60. The second-order valence-electron chi connectivity index (χ2n) is 11.3. The van der Waals surface area contributed by atoms with Crippen LogP contribution in [0, 0.1) is 12.3 Å². The fraction of sp³-hybridized carbons (Fsp3) is 0.100. The third-order valence-corrected chi connectivity index (χ3v) is 9.96. The molecule has 7 rings (SSSR count). The second-order valence-corrected chi connectivity index (χ2v) is 12.4. The van der Waals surface area contributed by atoms with E-state index in [9.17, 15) is 0 Å². The van der Waals surface area contributed by atoms with Crippen molar-refractivity contribution in [2.75, 3.05) is 5.43 Å². The summed E-state index contributed by atoms with van der Waals surface area (Å²) in [4.78, 5) is 2.74. The van der Waals surface area contributed by atoms with Crippen LogP contribution in [-0.2, 0) is 5.41 Å². The Hall–Kier alpha value is -4.91. The van der Waals surface area contributed by atoms with E-state index in [0.29, 0.717) is 0 Å². The smallest absolute Gasteiger partial charge is 0.0720 e. The van der Waals surface area contributed by atoms with Crippen molar-refractivity contribution in [2.45, 2.75) is 29.6 Å². The first-order valence-corrected chi connectivity index (χ1v) is 15.5. The maximum Gasteiger partial charge on any atom is 0.0720 e. The number of para-hydroxylation sites is 1. The molecule has 3 heteroatoms. The van der Waals surface area contributed by atoms with Crippen LogP contribution in [0.5, 0.6) is 0 Å². The lowest BCUT2D eigenvalue weighted by molar-refractivity contribution is 0.554. The van der Waals surface area contributed by atoms with E-state index >= 15 is 0 Å². The molecule has 1 aliphatic carbocycles. The molecule has 0 saturated heterocycles. The van der Waals surface area contributed by atoms with Crippen LogP contribution in [0.1, 0.15) is 41.5 Å². The predicted octanol–water partition coefficient (Wildman–Crippen LogP) is 9.80. The number of thioether (sulfide) groups is 1. The standard InChI is InChI=1S/C40H32N2S/c1-3-32(31-24-22-29(23-25-31)28-14-6-4-7-15-28)33-18-10-12-20-36(33)41-42-37-27-40(2)35-19-11-13-21-38(35)43-39(40)26-34(37)30-16-8-5-9-17-30/h1,4-26,32,41-42H,27H2,2H3. The van der Waals surface area contributed by atoms with Gasteiger partial charge in [-0.15, -0.1) is 6.42 Å². The first-order chi connectivity index (χ1) is 21.1. The molecule has 2 atom stereocenters. The number of allylic oxidation sites excluding steroid dienone is 4. The Kier molecular flexibility index (Phi) is 7.15. The summed E-state index contributed by atoms with van der Waals surface area (Å²) in [5, 5.41) is 0. The number of rotatable bonds is 7. The number of fused-ring (bicyclic) bond motifs is 3. The summed E-state index contributed by atoms with van der Waals surface area (Å²) >= 11 is 1.90. The minimum atomic E-state index is -0.189. The van der Waals surface area contributed by atoms with Gasteiger partial charge in [-0.2, -0.15) is 0 Å². The minimum absolute atomic E-state index is 0.0785. The zero-order valence-corrected chi connectivity index (χ0v) is 24.9. The summed E-state index contributed by atoms with van der Waals surface area (Å²) in [7, 11) is 0. The molecule has 2 unspecified atom stereocenters. The average molecular weight is 573 g/mol. The number of hydrogen-bond acceptors (Lipinski definition) is 3. The fourth-order valence-electron chi connectivity index (χ4n) is 6.27. The Balaban J connectivity index is 1.20. The minimum Gasteiger partial charge on any atom is -0.304 e. The monoisotopic (exact) mass is 572 g/mol. The van der Waals surface area contributed by atoms with Crippen LogP contribution < -0.4 is 10.9 Å². The lowest BCUT2D eigenvalue weighted by atomic mass is 9.74. The van der Waals surface area contributed by atoms with Gasteiger partial charge >= 0.3 is 0 Å². The molecule has 0 radical (unpaired) electrons. The number of benzene rings is 5. The lowest BCUT2D eigenvalue weighted by Gasteiger charge is -2.34. The van der Waals surface area contributed by atoms with Crippen molar-refractivity contribution in [3.8, 4) is 23.5 Å². The van der Waals surface area contributed by atoms with Gasteiger partial charge in [-0.1, -0.05) is 146 Å². The molecule has 43 heavy (non-hydrogen) atoms. The topological polar surface area (TPSA) is 24.1 Å². The molecular weight excluding hydrogens is 541 g/mol. The molecule has 2 N–H and O–H groups in total. The van der Waals surface area contributed by atoms with Crippen LogP contribution in [0.2, 0.25) is 0 Å². The molecule has 2 aliphatic rings. The van der Waals surface area contributed by atoms with Crippen molar-refractivity contribution in [3.05, 3.63) is 172 Å². The highest BCUT2D eigenvalue weighted by atomic mass is 32.2. The number of hydrogen-bond donors (Lipinski definition) is 2. The van der Waals surface area contributed by atoms with E-state index < -0.39 is 0 Å². The van der Waals surface area contributed by atoms with E-state index in [4.69, 9.17) is 6.42 Å². The first-order valence-electron chi connectivity index (χ1n) is 14.6. The first kappa shape index (κ1) is 27.0. The van der Waals surface area contributed by atoms with E-state index in [1.165, 1.54) is 37.6 Å². The van der Waals surface area contributed by atoms with Crippen LogP contribution in [-0.4, -0.2) is 0 Å². The molecule has 2 nitrogen and oxygen atoms in total. The van der Waals surface area contributed by atoms with E-state index in [2.05, 4.69) is 157 Å². The van der Waals surface area contributed by atoms with Gasteiger partial charge in [0.05, 0.1) is 11.6 Å². The van der Waals surface area contributed by atoms with Gasteiger partial charge in [0.15, 0.2) is 0 Å². The molecule has 1 aliphatic heterocycles. The maximum atomic E-state index is 6.20. The predicted molar refractivity (Wildman–Crippen MR) is 181 cm³/mol. The molecule has 0 bridgehead atoms. The van der Waals surface area contributed by atoms with Gasteiger partial charge in [-0.25, -0.2) is 0 Å². The van der Waals surface area contributed by atoms with E-state index in [0.717, 1.165) is 28.9 Å². The highest BCUT2D eigenvalue weighted by Gasteiger charge is 2.43. The number of anilines is 1. The summed E-state index contributed by atoms with van der Waals surface area (Å²) in [5.41, 5.74) is 17.6. The zero-order chi connectivity index (χ0) is 29.2. The highest BCUT2D eigenvalue weighted by Crippen LogP contribution is 2.57. The van der Waals surface area contributed by atoms with Crippen molar-refractivity contribution >= 4 is 23.0 Å². The SMILES string of the molecule is C#CC(c1ccc(-c2ccccc2)cc1)c1ccccc1NNC1=C(c2ccccc2)C=C2Sc3ccccc3C2(C)C1. The molecule has 0 amide bonds. The van der Waals surface area contributed by atoms with Crippen LogP contribution in [0.25, 0.3) is 16.7 Å². The van der Waals surface area contributed by atoms with Gasteiger partial charge in [-0.05, 0) is 51.6 Å². The Morgan fingerprint density at radius 3 is 2.07 bits per heavy atom. The molecule has 0 fully saturated rings. The second kappa shape index (κ2) is 11.4. The van der Waals surface area contributed by atoms with Gasteiger partial charge in [0.25, 0.3) is 0 Å². The van der Waals surface area contributed by atoms with Crippen molar-refractivity contribution in [2.24, 2.45) is 0 Å². The third kappa shape index (κ3) is 5.05. The van der Waals surface area contributed by atoms with Gasteiger partial charge in [0.2, 0.25) is 0 Å². The van der Waals surface area contributed by atoms with Crippen molar-refractivity contribution in [1.82, 2.24) is 5.43 Å². The number of hydrazine groups is 1. The summed E-state index contributed by atoms with van der Waals surface area (Å²) in [6, 6.07) is 46.8. The Morgan fingerprint density at radius 1 is 0.698 bits per heavy atom. The van der Waals surface area contributed by atoms with Gasteiger partial charge in [0.1, 0.15) is 0 Å². The summed E-state index contributed by atoms with van der Waals surface area (Å²) < 4.78 is 0. The van der Waals surface area contributed by atoms with Crippen LogP contribution in [0.4, 0.5) is 5.69 Å². The van der Waals surface area contributed by atoms with Crippen LogP contribution >= 0.6 is 11.8 Å². The molecule has 1 heterocycles. The van der Waals surface area contributed by atoms with Crippen molar-refractivity contribution in [1.29, 1.82) is 0 Å². The molecular formula is C40H32N2S. The van der Waals surface area contributed by atoms with E-state index in [-0.39, 0.29) is 11.3 Å². The Morgan fingerprint density at radius 2 is 1.33 bits per heavy atom. The van der Waals surface area contributed by atoms with Crippen LogP contribution in [0.15, 0.2) is 155 Å². The largest absolute Gasteiger partial charge is 0.304 e. The summed E-state index contributed by atoms with van der Waals surface area (Å²) in [5.74, 6) is 2.87. The molecule has 5 aromatic rings. The lowest BCUT2D eigenvalue weighted by Crippen LogP contribution is -2.32. The number of terminal acetylenes is 1. The zero-order valence-electron chi connectivity index (χ0n) is 24.0. The van der Waals surface area contributed by atoms with Gasteiger partial charge < -0.3 is 10.9 Å². The summed E-state index contributed by atoms with van der Waals surface area (Å²) in [6.45, 7) is 2.36. The Bertz CT molecular complexity index is 1880. The van der Waals surface area contributed by atoms with Gasteiger partial charge in [-0.3, -0.25) is 0 Å².